The monoisotopic (exact) mass is 388 g/mol. The Morgan fingerprint density at radius 3 is 1.93 bits per heavy atom. The first-order valence-corrected chi connectivity index (χ1v) is 6.77. The zero-order chi connectivity index (χ0) is 10.8. The van der Waals surface area contributed by atoms with Crippen molar-refractivity contribution in [1.29, 1.82) is 0 Å². The first-order valence-electron chi connectivity index (χ1n) is 4.39. The van der Waals surface area contributed by atoms with Gasteiger partial charge in [-0.25, -0.2) is 0 Å². The van der Waals surface area contributed by atoms with Crippen LogP contribution in [0.2, 0.25) is 0 Å². The zero-order valence-electron chi connectivity index (χ0n) is 7.68. The molecule has 2 aromatic rings. The largest absolute Gasteiger partial charge is 0.0616 e. The highest BCUT2D eigenvalue weighted by Crippen LogP contribution is 2.37. The van der Waals surface area contributed by atoms with E-state index in [1.54, 1.807) is 0 Å². The SMILES string of the molecule is Brc1ccccc1-c1cccc(Br)c1Br. The van der Waals surface area contributed by atoms with E-state index in [-0.39, 0.29) is 0 Å². The lowest BCUT2D eigenvalue weighted by Gasteiger charge is -2.08. The topological polar surface area (TPSA) is 0 Å². The summed E-state index contributed by atoms with van der Waals surface area (Å²) in [4.78, 5) is 0. The number of hydrogen-bond donors (Lipinski definition) is 0. The van der Waals surface area contributed by atoms with Crippen LogP contribution in [0.3, 0.4) is 0 Å². The Morgan fingerprint density at radius 1 is 0.600 bits per heavy atom. The second-order valence-corrected chi connectivity index (χ2v) is 5.58. The molecule has 0 aromatic heterocycles. The van der Waals surface area contributed by atoms with Crippen LogP contribution in [0.4, 0.5) is 0 Å². The van der Waals surface area contributed by atoms with Crippen molar-refractivity contribution in [2.24, 2.45) is 0 Å². The average Bonchev–Trinajstić information content (AvgIpc) is 2.23. The molecule has 0 unspecified atom stereocenters. The molecule has 0 saturated carbocycles. The van der Waals surface area contributed by atoms with Crippen molar-refractivity contribution in [2.45, 2.75) is 0 Å². The van der Waals surface area contributed by atoms with Gasteiger partial charge in [0.15, 0.2) is 0 Å². The highest BCUT2D eigenvalue weighted by molar-refractivity contribution is 9.13. The lowest BCUT2D eigenvalue weighted by Crippen LogP contribution is -1.82. The van der Waals surface area contributed by atoms with Crippen LogP contribution in [0.1, 0.15) is 0 Å². The van der Waals surface area contributed by atoms with E-state index < -0.39 is 0 Å². The molecule has 0 radical (unpaired) electrons. The molecule has 3 heteroatoms. The maximum atomic E-state index is 3.58. The Kier molecular flexibility index (Phi) is 3.65. The Hall–Kier alpha value is -0.120. The second kappa shape index (κ2) is 4.81. The molecule has 0 N–H and O–H groups in total. The molecule has 2 rings (SSSR count). The summed E-state index contributed by atoms with van der Waals surface area (Å²) in [7, 11) is 0. The van der Waals surface area contributed by atoms with Crippen molar-refractivity contribution in [3.8, 4) is 11.1 Å². The van der Waals surface area contributed by atoms with Crippen molar-refractivity contribution in [3.05, 3.63) is 55.9 Å². The Labute approximate surface area is 114 Å². The summed E-state index contributed by atoms with van der Waals surface area (Å²) >= 11 is 10.6. The van der Waals surface area contributed by atoms with Gasteiger partial charge in [-0.1, -0.05) is 46.3 Å². The molecular formula is C12H7Br3. The van der Waals surface area contributed by atoms with Crippen LogP contribution >= 0.6 is 47.8 Å². The lowest BCUT2D eigenvalue weighted by molar-refractivity contribution is 1.53. The third-order valence-corrected chi connectivity index (χ3v) is 4.85. The van der Waals surface area contributed by atoms with Gasteiger partial charge < -0.3 is 0 Å². The van der Waals surface area contributed by atoms with Crippen molar-refractivity contribution in [1.82, 2.24) is 0 Å². The van der Waals surface area contributed by atoms with Crippen LogP contribution in [0.15, 0.2) is 55.9 Å². The summed E-state index contributed by atoms with van der Waals surface area (Å²) < 4.78 is 3.25. The minimum atomic E-state index is 1.07. The molecule has 0 fully saturated rings. The normalized spacial score (nSPS) is 10.3. The number of hydrogen-bond acceptors (Lipinski definition) is 0. The Balaban J connectivity index is 2.65. The van der Waals surface area contributed by atoms with Crippen molar-refractivity contribution in [2.75, 3.05) is 0 Å². The number of rotatable bonds is 1. The van der Waals surface area contributed by atoms with E-state index >= 15 is 0 Å². The molecule has 0 nitrogen and oxygen atoms in total. The number of halogens is 3. The zero-order valence-corrected chi connectivity index (χ0v) is 12.4. The quantitative estimate of drug-likeness (QED) is 0.591. The third-order valence-electron chi connectivity index (χ3n) is 2.12. The maximum Gasteiger partial charge on any atom is 0.0396 e. The van der Waals surface area contributed by atoms with E-state index in [4.69, 9.17) is 0 Å². The van der Waals surface area contributed by atoms with E-state index in [1.807, 2.05) is 30.3 Å². The fraction of sp³-hybridized carbons (Fsp3) is 0. The van der Waals surface area contributed by atoms with Gasteiger partial charge in [0.05, 0.1) is 0 Å². The van der Waals surface area contributed by atoms with Gasteiger partial charge in [0.1, 0.15) is 0 Å². The maximum absolute atomic E-state index is 3.58. The summed E-state index contributed by atoms with van der Waals surface area (Å²) in [5.41, 5.74) is 2.36. The molecule has 0 bridgehead atoms. The summed E-state index contributed by atoms with van der Waals surface area (Å²) in [6, 6.07) is 14.3. The van der Waals surface area contributed by atoms with Gasteiger partial charge in [0.25, 0.3) is 0 Å². The van der Waals surface area contributed by atoms with E-state index in [1.165, 1.54) is 11.1 Å². The smallest absolute Gasteiger partial charge is 0.0396 e. The van der Waals surface area contributed by atoms with E-state index in [0.717, 1.165) is 13.4 Å². The Morgan fingerprint density at radius 2 is 1.20 bits per heavy atom. The van der Waals surface area contributed by atoms with Crippen LogP contribution in [0.5, 0.6) is 0 Å². The fourth-order valence-corrected chi connectivity index (χ4v) is 2.73. The molecule has 0 aliphatic rings. The van der Waals surface area contributed by atoms with Gasteiger partial charge in [-0.05, 0) is 55.1 Å². The molecule has 76 valence electrons. The van der Waals surface area contributed by atoms with Gasteiger partial charge >= 0.3 is 0 Å². The molecular weight excluding hydrogens is 384 g/mol. The molecule has 0 atom stereocenters. The molecule has 0 aliphatic heterocycles. The first kappa shape index (κ1) is 11.4. The van der Waals surface area contributed by atoms with E-state index in [2.05, 4.69) is 59.9 Å². The molecule has 2 aromatic carbocycles. The molecule has 15 heavy (non-hydrogen) atoms. The van der Waals surface area contributed by atoms with Crippen molar-refractivity contribution < 1.29 is 0 Å². The van der Waals surface area contributed by atoms with Crippen molar-refractivity contribution >= 4 is 47.8 Å². The molecule has 0 saturated heterocycles. The highest BCUT2D eigenvalue weighted by atomic mass is 79.9. The molecule has 0 amide bonds. The van der Waals surface area contributed by atoms with Gasteiger partial charge in [-0.15, -0.1) is 0 Å². The third kappa shape index (κ3) is 2.35. The van der Waals surface area contributed by atoms with Gasteiger partial charge in [-0.2, -0.15) is 0 Å². The van der Waals surface area contributed by atoms with E-state index in [9.17, 15) is 0 Å². The highest BCUT2D eigenvalue weighted by Gasteiger charge is 2.07. The standard InChI is InChI=1S/C12H7Br3/c13-10-6-2-1-4-8(10)9-5-3-7-11(14)12(9)15/h1-7H. The molecule has 0 heterocycles. The second-order valence-electron chi connectivity index (χ2n) is 3.08. The minimum Gasteiger partial charge on any atom is -0.0616 e. The molecule has 0 aliphatic carbocycles. The van der Waals surface area contributed by atoms with E-state index in [0.29, 0.717) is 0 Å². The number of benzene rings is 2. The summed E-state index contributed by atoms with van der Waals surface area (Å²) in [5, 5.41) is 0. The fourth-order valence-electron chi connectivity index (χ4n) is 1.39. The van der Waals surface area contributed by atoms with Gasteiger partial charge in [-0.3, -0.25) is 0 Å². The minimum absolute atomic E-state index is 1.07. The molecule has 0 spiro atoms. The average molecular weight is 391 g/mol. The lowest BCUT2D eigenvalue weighted by atomic mass is 10.1. The summed E-state index contributed by atoms with van der Waals surface area (Å²) in [5.74, 6) is 0. The first-order chi connectivity index (χ1) is 7.20. The van der Waals surface area contributed by atoms with Crippen LogP contribution in [0.25, 0.3) is 11.1 Å². The van der Waals surface area contributed by atoms with Crippen LogP contribution in [-0.4, -0.2) is 0 Å². The Bertz CT molecular complexity index is 492. The summed E-state index contributed by atoms with van der Waals surface area (Å²) in [6.45, 7) is 0. The predicted octanol–water partition coefficient (Wildman–Crippen LogP) is 5.64. The van der Waals surface area contributed by atoms with Crippen LogP contribution < -0.4 is 0 Å². The van der Waals surface area contributed by atoms with Gasteiger partial charge in [0, 0.05) is 13.4 Å². The van der Waals surface area contributed by atoms with Crippen LogP contribution in [0, 0.1) is 0 Å². The van der Waals surface area contributed by atoms with Crippen LogP contribution in [-0.2, 0) is 0 Å². The van der Waals surface area contributed by atoms with Gasteiger partial charge in [0.2, 0.25) is 0 Å². The van der Waals surface area contributed by atoms with Crippen molar-refractivity contribution in [3.63, 3.8) is 0 Å². The summed E-state index contributed by atoms with van der Waals surface area (Å²) in [6.07, 6.45) is 0. The predicted molar refractivity (Wildman–Crippen MR) is 75.0 cm³/mol.